The van der Waals surface area contributed by atoms with Crippen LogP contribution < -0.4 is 11.1 Å². The number of aromatic nitrogens is 1. The smallest absolute Gasteiger partial charge is 0.267 e. The van der Waals surface area contributed by atoms with Crippen molar-refractivity contribution in [2.45, 2.75) is 0 Å². The number of halogens is 2. The van der Waals surface area contributed by atoms with Gasteiger partial charge >= 0.3 is 0 Å². The van der Waals surface area contributed by atoms with E-state index in [-0.39, 0.29) is 11.3 Å². The molecule has 0 fully saturated rings. The highest BCUT2D eigenvalue weighted by Gasteiger charge is 2.10. The number of anilines is 1. The van der Waals surface area contributed by atoms with Crippen LogP contribution in [0.2, 0.25) is 10.0 Å². The molecule has 20 heavy (non-hydrogen) atoms. The second kappa shape index (κ2) is 5.90. The number of carbonyl (C=O) groups excluding carboxylic acids is 2. The predicted octanol–water partition coefficient (Wildman–Crippen LogP) is 2.74. The highest BCUT2D eigenvalue weighted by Crippen LogP contribution is 2.25. The molecular formula is C13H9Cl2N3O2. The van der Waals surface area contributed by atoms with Crippen LogP contribution in [-0.4, -0.2) is 16.8 Å². The Morgan fingerprint density at radius 3 is 2.50 bits per heavy atom. The maximum absolute atomic E-state index is 12.0. The Balaban J connectivity index is 2.19. The monoisotopic (exact) mass is 309 g/mol. The molecule has 0 aliphatic carbocycles. The van der Waals surface area contributed by atoms with E-state index >= 15 is 0 Å². The van der Waals surface area contributed by atoms with Crippen LogP contribution in [0.3, 0.4) is 0 Å². The molecule has 0 spiro atoms. The number of nitrogens with zero attached hydrogens (tertiary/aromatic N) is 1. The molecule has 2 aromatic rings. The fraction of sp³-hybridized carbons (Fsp3) is 0. The van der Waals surface area contributed by atoms with Gasteiger partial charge in [0.2, 0.25) is 0 Å². The standard InChI is InChI=1S/C13H9Cl2N3O2/c14-8-2-3-9(15)11(5-8)18-13(20)7-1-4-10(12(16)19)17-6-7/h1-6H,(H2,16,19)(H,18,20). The highest BCUT2D eigenvalue weighted by molar-refractivity contribution is 6.35. The first-order valence-corrected chi connectivity index (χ1v) is 6.25. The Bertz CT molecular complexity index is 672. The molecule has 5 nitrogen and oxygen atoms in total. The minimum atomic E-state index is -0.658. The molecule has 102 valence electrons. The zero-order valence-corrected chi connectivity index (χ0v) is 11.6. The van der Waals surface area contributed by atoms with E-state index in [4.69, 9.17) is 28.9 Å². The van der Waals surface area contributed by atoms with Crippen molar-refractivity contribution in [1.82, 2.24) is 4.98 Å². The van der Waals surface area contributed by atoms with E-state index in [2.05, 4.69) is 10.3 Å². The van der Waals surface area contributed by atoms with Gasteiger partial charge in [0.05, 0.1) is 16.3 Å². The molecule has 0 radical (unpaired) electrons. The van der Waals surface area contributed by atoms with Crippen molar-refractivity contribution in [3.05, 3.63) is 57.8 Å². The molecule has 0 aliphatic rings. The number of rotatable bonds is 3. The van der Waals surface area contributed by atoms with Gasteiger partial charge in [-0.2, -0.15) is 0 Å². The van der Waals surface area contributed by atoms with Crippen LogP contribution in [0.5, 0.6) is 0 Å². The van der Waals surface area contributed by atoms with Crippen LogP contribution in [0.4, 0.5) is 5.69 Å². The average Bonchev–Trinajstić information content (AvgIpc) is 2.43. The van der Waals surface area contributed by atoms with Crippen molar-refractivity contribution >= 4 is 40.7 Å². The molecule has 3 N–H and O–H groups in total. The lowest BCUT2D eigenvalue weighted by atomic mass is 10.2. The van der Waals surface area contributed by atoms with Gasteiger partial charge in [0.1, 0.15) is 5.69 Å². The quantitative estimate of drug-likeness (QED) is 0.914. The summed E-state index contributed by atoms with van der Waals surface area (Å²) < 4.78 is 0. The van der Waals surface area contributed by atoms with Crippen molar-refractivity contribution in [2.24, 2.45) is 5.73 Å². The Morgan fingerprint density at radius 1 is 1.15 bits per heavy atom. The normalized spacial score (nSPS) is 10.1. The molecule has 0 atom stereocenters. The van der Waals surface area contributed by atoms with Crippen LogP contribution in [0, 0.1) is 0 Å². The molecule has 0 unspecified atom stereocenters. The first kappa shape index (κ1) is 14.3. The predicted molar refractivity (Wildman–Crippen MR) is 77.2 cm³/mol. The summed E-state index contributed by atoms with van der Waals surface area (Å²) in [4.78, 5) is 26.7. The van der Waals surface area contributed by atoms with Gasteiger partial charge in [-0.15, -0.1) is 0 Å². The Hall–Kier alpha value is -2.11. The second-order valence-corrected chi connectivity index (χ2v) is 4.72. The van der Waals surface area contributed by atoms with Crippen molar-refractivity contribution in [2.75, 3.05) is 5.32 Å². The van der Waals surface area contributed by atoms with E-state index in [0.29, 0.717) is 15.7 Å². The number of nitrogens with two attached hydrogens (primary N) is 1. The van der Waals surface area contributed by atoms with Crippen LogP contribution in [-0.2, 0) is 0 Å². The molecule has 0 saturated carbocycles. The first-order valence-electron chi connectivity index (χ1n) is 5.49. The lowest BCUT2D eigenvalue weighted by molar-refractivity contribution is 0.0990. The molecule has 2 amide bonds. The third-order valence-electron chi connectivity index (χ3n) is 2.45. The zero-order valence-electron chi connectivity index (χ0n) is 10.1. The SMILES string of the molecule is NC(=O)c1ccc(C(=O)Nc2cc(Cl)ccc2Cl)cn1. The molecule has 0 aliphatic heterocycles. The van der Waals surface area contributed by atoms with Gasteiger partial charge in [-0.05, 0) is 30.3 Å². The van der Waals surface area contributed by atoms with Crippen molar-refractivity contribution in [3.8, 4) is 0 Å². The van der Waals surface area contributed by atoms with Crippen LogP contribution in [0.1, 0.15) is 20.8 Å². The van der Waals surface area contributed by atoms with E-state index < -0.39 is 11.8 Å². The molecule has 2 rings (SSSR count). The first-order chi connectivity index (χ1) is 9.47. The molecular weight excluding hydrogens is 301 g/mol. The summed E-state index contributed by atoms with van der Waals surface area (Å²) in [6.07, 6.45) is 1.26. The van der Waals surface area contributed by atoms with Crippen molar-refractivity contribution in [3.63, 3.8) is 0 Å². The average molecular weight is 310 g/mol. The maximum atomic E-state index is 12.0. The summed E-state index contributed by atoms with van der Waals surface area (Å²) in [5.41, 5.74) is 5.81. The summed E-state index contributed by atoms with van der Waals surface area (Å²) in [6, 6.07) is 7.54. The summed E-state index contributed by atoms with van der Waals surface area (Å²) in [7, 11) is 0. The number of nitrogens with one attached hydrogen (secondary N) is 1. The summed E-state index contributed by atoms with van der Waals surface area (Å²) in [5, 5.41) is 3.42. The molecule has 1 heterocycles. The van der Waals surface area contributed by atoms with Gasteiger partial charge in [-0.1, -0.05) is 23.2 Å². The van der Waals surface area contributed by atoms with Crippen molar-refractivity contribution in [1.29, 1.82) is 0 Å². The molecule has 7 heteroatoms. The number of hydrogen-bond donors (Lipinski definition) is 2. The number of benzene rings is 1. The third-order valence-corrected chi connectivity index (χ3v) is 3.02. The molecule has 0 saturated heterocycles. The fourth-order valence-electron chi connectivity index (χ4n) is 1.46. The summed E-state index contributed by atoms with van der Waals surface area (Å²) in [5.74, 6) is -1.08. The fourth-order valence-corrected chi connectivity index (χ4v) is 1.80. The molecule has 1 aromatic carbocycles. The number of carbonyl (C=O) groups is 2. The van der Waals surface area contributed by atoms with E-state index in [0.717, 1.165) is 0 Å². The van der Waals surface area contributed by atoms with E-state index in [1.165, 1.54) is 24.4 Å². The zero-order chi connectivity index (χ0) is 14.7. The number of primary amides is 1. The van der Waals surface area contributed by atoms with E-state index in [1.54, 1.807) is 12.1 Å². The van der Waals surface area contributed by atoms with Gasteiger partial charge in [0, 0.05) is 11.2 Å². The Morgan fingerprint density at radius 2 is 1.90 bits per heavy atom. The lowest BCUT2D eigenvalue weighted by Crippen LogP contribution is -2.16. The third kappa shape index (κ3) is 3.26. The van der Waals surface area contributed by atoms with Gasteiger partial charge in [-0.3, -0.25) is 14.6 Å². The number of amides is 2. The number of pyridine rings is 1. The summed E-state index contributed by atoms with van der Waals surface area (Å²) >= 11 is 11.8. The minimum absolute atomic E-state index is 0.0855. The van der Waals surface area contributed by atoms with Crippen LogP contribution in [0.15, 0.2) is 36.5 Å². The van der Waals surface area contributed by atoms with Gasteiger partial charge in [0.25, 0.3) is 11.8 Å². The van der Waals surface area contributed by atoms with Crippen LogP contribution in [0.25, 0.3) is 0 Å². The Kier molecular flexibility index (Phi) is 4.22. The largest absolute Gasteiger partial charge is 0.364 e. The minimum Gasteiger partial charge on any atom is -0.364 e. The highest BCUT2D eigenvalue weighted by atomic mass is 35.5. The number of hydrogen-bond acceptors (Lipinski definition) is 3. The summed E-state index contributed by atoms with van der Waals surface area (Å²) in [6.45, 7) is 0. The van der Waals surface area contributed by atoms with Gasteiger partial charge < -0.3 is 11.1 Å². The molecule has 1 aromatic heterocycles. The lowest BCUT2D eigenvalue weighted by Gasteiger charge is -2.07. The van der Waals surface area contributed by atoms with E-state index in [1.807, 2.05) is 0 Å². The van der Waals surface area contributed by atoms with E-state index in [9.17, 15) is 9.59 Å². The van der Waals surface area contributed by atoms with Crippen molar-refractivity contribution < 1.29 is 9.59 Å². The molecule has 0 bridgehead atoms. The van der Waals surface area contributed by atoms with Gasteiger partial charge in [-0.25, -0.2) is 0 Å². The Labute approximate surface area is 124 Å². The van der Waals surface area contributed by atoms with Crippen LogP contribution >= 0.6 is 23.2 Å². The maximum Gasteiger partial charge on any atom is 0.267 e. The topological polar surface area (TPSA) is 85.1 Å². The van der Waals surface area contributed by atoms with Gasteiger partial charge in [0.15, 0.2) is 0 Å². The second-order valence-electron chi connectivity index (χ2n) is 3.87.